The molecule has 0 saturated heterocycles. The Hall–Kier alpha value is -1.68. The van der Waals surface area contributed by atoms with E-state index in [4.69, 9.17) is 5.73 Å². The van der Waals surface area contributed by atoms with E-state index in [1.807, 2.05) is 20.8 Å². The molecule has 0 aliphatic carbocycles. The number of hydrogen-bond acceptors (Lipinski definition) is 4. The highest BCUT2D eigenvalue weighted by Gasteiger charge is 2.06. The number of rotatable bonds is 4. The SMILES string of the molecule is C=CN(C(=C)CN)c1cnc(C)cn1.CC. The van der Waals surface area contributed by atoms with E-state index in [0.717, 1.165) is 11.4 Å². The molecule has 0 unspecified atom stereocenters. The maximum Gasteiger partial charge on any atom is 0.155 e. The number of anilines is 1. The first kappa shape index (κ1) is 14.3. The zero-order valence-corrected chi connectivity index (χ0v) is 10.3. The van der Waals surface area contributed by atoms with Gasteiger partial charge in [-0.05, 0) is 6.92 Å². The Labute approximate surface area is 97.5 Å². The van der Waals surface area contributed by atoms with Crippen molar-refractivity contribution in [2.75, 3.05) is 11.4 Å². The Balaban J connectivity index is 0.00000106. The van der Waals surface area contributed by atoms with Crippen LogP contribution >= 0.6 is 0 Å². The second-order valence-corrected chi connectivity index (χ2v) is 2.84. The second-order valence-electron chi connectivity index (χ2n) is 2.84. The van der Waals surface area contributed by atoms with E-state index >= 15 is 0 Å². The van der Waals surface area contributed by atoms with Gasteiger partial charge < -0.3 is 10.6 Å². The molecule has 88 valence electrons. The Morgan fingerprint density at radius 1 is 1.44 bits per heavy atom. The van der Waals surface area contributed by atoms with Gasteiger partial charge in [-0.3, -0.25) is 4.98 Å². The molecule has 0 aliphatic heterocycles. The topological polar surface area (TPSA) is 55.0 Å². The van der Waals surface area contributed by atoms with Crippen molar-refractivity contribution in [1.29, 1.82) is 0 Å². The molecule has 1 heterocycles. The predicted molar refractivity (Wildman–Crippen MR) is 69.0 cm³/mol. The zero-order valence-electron chi connectivity index (χ0n) is 10.3. The van der Waals surface area contributed by atoms with Crippen LogP contribution in [-0.2, 0) is 0 Å². The fourth-order valence-corrected chi connectivity index (χ4v) is 0.993. The maximum absolute atomic E-state index is 5.48. The molecule has 0 atom stereocenters. The van der Waals surface area contributed by atoms with Gasteiger partial charge in [0.1, 0.15) is 0 Å². The summed E-state index contributed by atoms with van der Waals surface area (Å²) in [4.78, 5) is 10.0. The average Bonchev–Trinajstić information content (AvgIpc) is 2.34. The van der Waals surface area contributed by atoms with Crippen molar-refractivity contribution in [3.63, 3.8) is 0 Å². The summed E-state index contributed by atoms with van der Waals surface area (Å²) in [5, 5.41) is 0. The van der Waals surface area contributed by atoms with Crippen LogP contribution in [0.25, 0.3) is 0 Å². The van der Waals surface area contributed by atoms with Crippen LogP contribution in [0.2, 0.25) is 0 Å². The van der Waals surface area contributed by atoms with Gasteiger partial charge in [-0.15, -0.1) is 0 Å². The van der Waals surface area contributed by atoms with E-state index in [-0.39, 0.29) is 0 Å². The molecule has 0 aliphatic rings. The summed E-state index contributed by atoms with van der Waals surface area (Å²) >= 11 is 0. The third kappa shape index (κ3) is 3.82. The summed E-state index contributed by atoms with van der Waals surface area (Å²) in [7, 11) is 0. The highest BCUT2D eigenvalue weighted by atomic mass is 15.2. The average molecular weight is 220 g/mol. The third-order valence-electron chi connectivity index (χ3n) is 1.77. The van der Waals surface area contributed by atoms with Gasteiger partial charge in [0.05, 0.1) is 18.1 Å². The normalized spacial score (nSPS) is 8.75. The van der Waals surface area contributed by atoms with Crippen LogP contribution in [0.5, 0.6) is 0 Å². The number of nitrogens with zero attached hydrogens (tertiary/aromatic N) is 3. The monoisotopic (exact) mass is 220 g/mol. The Morgan fingerprint density at radius 3 is 2.44 bits per heavy atom. The van der Waals surface area contributed by atoms with Gasteiger partial charge in [-0.25, -0.2) is 4.98 Å². The van der Waals surface area contributed by atoms with Crippen molar-refractivity contribution in [3.8, 4) is 0 Å². The van der Waals surface area contributed by atoms with Crippen molar-refractivity contribution in [1.82, 2.24) is 9.97 Å². The number of hydrogen-bond donors (Lipinski definition) is 1. The van der Waals surface area contributed by atoms with E-state index < -0.39 is 0 Å². The molecule has 0 bridgehead atoms. The molecule has 1 rings (SSSR count). The van der Waals surface area contributed by atoms with Crippen LogP contribution < -0.4 is 10.6 Å². The first-order valence-corrected chi connectivity index (χ1v) is 5.27. The largest absolute Gasteiger partial charge is 0.325 e. The lowest BCUT2D eigenvalue weighted by molar-refractivity contribution is 0.998. The Kier molecular flexibility index (Phi) is 6.79. The summed E-state index contributed by atoms with van der Waals surface area (Å²) in [6.45, 7) is 13.7. The molecule has 1 aromatic rings. The zero-order chi connectivity index (χ0) is 12.6. The van der Waals surface area contributed by atoms with E-state index in [9.17, 15) is 0 Å². The Bertz CT molecular complexity index is 329. The number of aromatic nitrogens is 2. The lowest BCUT2D eigenvalue weighted by atomic mass is 10.4. The number of nitrogens with two attached hydrogens (primary N) is 1. The first-order valence-electron chi connectivity index (χ1n) is 5.27. The quantitative estimate of drug-likeness (QED) is 0.845. The molecule has 4 heteroatoms. The van der Waals surface area contributed by atoms with E-state index in [0.29, 0.717) is 12.4 Å². The minimum atomic E-state index is 0.363. The third-order valence-corrected chi connectivity index (χ3v) is 1.77. The van der Waals surface area contributed by atoms with Gasteiger partial charge in [0.15, 0.2) is 5.82 Å². The fraction of sp³-hybridized carbons (Fsp3) is 0.333. The molecule has 0 aromatic carbocycles. The van der Waals surface area contributed by atoms with Gasteiger partial charge in [0.25, 0.3) is 0 Å². The molecule has 0 saturated carbocycles. The highest BCUT2D eigenvalue weighted by molar-refractivity contribution is 5.47. The van der Waals surface area contributed by atoms with Gasteiger partial charge in [0, 0.05) is 18.4 Å². The van der Waals surface area contributed by atoms with Crippen molar-refractivity contribution >= 4 is 5.82 Å². The van der Waals surface area contributed by atoms with Crippen LogP contribution in [-0.4, -0.2) is 16.5 Å². The molecule has 0 spiro atoms. The molecular formula is C12H20N4. The molecule has 0 fully saturated rings. The molecule has 1 aromatic heterocycles. The van der Waals surface area contributed by atoms with Crippen LogP contribution in [0, 0.1) is 6.92 Å². The molecule has 16 heavy (non-hydrogen) atoms. The van der Waals surface area contributed by atoms with E-state index in [1.165, 1.54) is 0 Å². The van der Waals surface area contributed by atoms with Crippen molar-refractivity contribution in [3.05, 3.63) is 43.1 Å². The van der Waals surface area contributed by atoms with Gasteiger partial charge in [0.2, 0.25) is 0 Å². The maximum atomic E-state index is 5.48. The summed E-state index contributed by atoms with van der Waals surface area (Å²) in [6, 6.07) is 0. The second kappa shape index (κ2) is 7.59. The van der Waals surface area contributed by atoms with Crippen molar-refractivity contribution in [2.24, 2.45) is 5.73 Å². The van der Waals surface area contributed by atoms with Gasteiger partial charge in [-0.2, -0.15) is 0 Å². The Morgan fingerprint density at radius 2 is 2.06 bits per heavy atom. The molecular weight excluding hydrogens is 200 g/mol. The van der Waals surface area contributed by atoms with Crippen LogP contribution in [0.15, 0.2) is 37.4 Å². The van der Waals surface area contributed by atoms with E-state index in [2.05, 4.69) is 23.1 Å². The first-order chi connectivity index (χ1) is 7.69. The predicted octanol–water partition coefficient (Wildman–Crippen LogP) is 2.23. The molecule has 0 amide bonds. The molecule has 2 N–H and O–H groups in total. The van der Waals surface area contributed by atoms with Crippen LogP contribution in [0.3, 0.4) is 0 Å². The summed E-state index contributed by atoms with van der Waals surface area (Å²) in [5.41, 5.74) is 7.08. The van der Waals surface area contributed by atoms with Crippen LogP contribution in [0.1, 0.15) is 19.5 Å². The molecule has 4 nitrogen and oxygen atoms in total. The van der Waals surface area contributed by atoms with E-state index in [1.54, 1.807) is 23.5 Å². The van der Waals surface area contributed by atoms with Gasteiger partial charge >= 0.3 is 0 Å². The van der Waals surface area contributed by atoms with Crippen molar-refractivity contribution < 1.29 is 0 Å². The molecule has 0 radical (unpaired) electrons. The minimum Gasteiger partial charge on any atom is -0.325 e. The summed E-state index contributed by atoms with van der Waals surface area (Å²) in [6.07, 6.45) is 4.97. The smallest absolute Gasteiger partial charge is 0.155 e. The summed E-state index contributed by atoms with van der Waals surface area (Å²) in [5.74, 6) is 0.682. The fourth-order valence-electron chi connectivity index (χ4n) is 0.993. The minimum absolute atomic E-state index is 0.363. The lowest BCUT2D eigenvalue weighted by Gasteiger charge is -2.19. The lowest BCUT2D eigenvalue weighted by Crippen LogP contribution is -2.21. The standard InChI is InChI=1S/C10H14N4.C2H6/c1-4-14(9(3)5-11)10-7-12-8(2)6-13-10;1-2/h4,6-7H,1,3,5,11H2,2H3;1-2H3. The van der Waals surface area contributed by atoms with Crippen LogP contribution in [0.4, 0.5) is 5.82 Å². The van der Waals surface area contributed by atoms with Crippen molar-refractivity contribution in [2.45, 2.75) is 20.8 Å². The highest BCUT2D eigenvalue weighted by Crippen LogP contribution is 2.13. The number of aryl methyl sites for hydroxylation is 1. The summed E-state index contributed by atoms with van der Waals surface area (Å²) < 4.78 is 0. The van der Waals surface area contributed by atoms with Gasteiger partial charge in [-0.1, -0.05) is 27.0 Å².